The van der Waals surface area contributed by atoms with Crippen LogP contribution >= 0.6 is 0 Å². The van der Waals surface area contributed by atoms with Gasteiger partial charge < -0.3 is 14.2 Å². The molecule has 78 heavy (non-hydrogen) atoms. The summed E-state index contributed by atoms with van der Waals surface area (Å²) in [5.74, 6) is -0.837. The minimum Gasteiger partial charge on any atom is -0.462 e. The molecule has 460 valence electrons. The second-order valence-corrected chi connectivity index (χ2v) is 24.2. The minimum atomic E-state index is -0.770. The topological polar surface area (TPSA) is 78.9 Å². The van der Waals surface area contributed by atoms with Crippen molar-refractivity contribution in [3.05, 3.63) is 24.3 Å². The molecule has 0 radical (unpaired) electrons. The molecule has 0 aromatic heterocycles. The van der Waals surface area contributed by atoms with Gasteiger partial charge in [0.15, 0.2) is 6.10 Å². The lowest BCUT2D eigenvalue weighted by atomic mass is 10.0. The van der Waals surface area contributed by atoms with Gasteiger partial charge in [0.25, 0.3) is 0 Å². The van der Waals surface area contributed by atoms with Crippen LogP contribution in [0.1, 0.15) is 400 Å². The summed E-state index contributed by atoms with van der Waals surface area (Å²) < 4.78 is 17.0. The van der Waals surface area contributed by atoms with Gasteiger partial charge in [0.1, 0.15) is 13.2 Å². The monoisotopic (exact) mass is 1100 g/mol. The lowest BCUT2D eigenvalue weighted by molar-refractivity contribution is -0.167. The quantitative estimate of drug-likeness (QED) is 0.0261. The molecule has 0 saturated carbocycles. The number of rotatable bonds is 66. The minimum absolute atomic E-state index is 0.0663. The van der Waals surface area contributed by atoms with Crippen molar-refractivity contribution < 1.29 is 28.6 Å². The van der Waals surface area contributed by atoms with Crippen LogP contribution in [0.15, 0.2) is 24.3 Å². The zero-order valence-corrected chi connectivity index (χ0v) is 53.0. The number of esters is 3. The van der Waals surface area contributed by atoms with E-state index in [2.05, 4.69) is 45.1 Å². The highest BCUT2D eigenvalue weighted by molar-refractivity contribution is 5.71. The number of hydrogen-bond donors (Lipinski definition) is 0. The van der Waals surface area contributed by atoms with Crippen LogP contribution < -0.4 is 0 Å². The van der Waals surface area contributed by atoms with Crippen molar-refractivity contribution in [3.8, 4) is 0 Å². The number of ether oxygens (including phenoxy) is 3. The van der Waals surface area contributed by atoms with Gasteiger partial charge in [-0.3, -0.25) is 14.4 Å². The Labute approximate surface area is 487 Å². The second-order valence-electron chi connectivity index (χ2n) is 24.2. The van der Waals surface area contributed by atoms with E-state index in [0.717, 1.165) is 64.2 Å². The maximum absolute atomic E-state index is 12.9. The summed E-state index contributed by atoms with van der Waals surface area (Å²) in [6.07, 6.45) is 82.0. The summed E-state index contributed by atoms with van der Waals surface area (Å²) in [6, 6.07) is 0. The van der Waals surface area contributed by atoms with Crippen LogP contribution in [0.4, 0.5) is 0 Å². The Balaban J connectivity index is 4.25. The Bertz CT molecular complexity index is 1260. The van der Waals surface area contributed by atoms with Gasteiger partial charge in [-0.15, -0.1) is 0 Å². The van der Waals surface area contributed by atoms with Gasteiger partial charge in [0.2, 0.25) is 0 Å². The van der Waals surface area contributed by atoms with Crippen molar-refractivity contribution >= 4 is 17.9 Å². The molecule has 0 spiro atoms. The number of carbonyl (C=O) groups is 3. The molecule has 0 bridgehead atoms. The third kappa shape index (κ3) is 64.7. The fourth-order valence-electron chi connectivity index (χ4n) is 10.9. The van der Waals surface area contributed by atoms with E-state index in [1.807, 2.05) is 0 Å². The number of carbonyl (C=O) groups excluding carboxylic acids is 3. The zero-order valence-electron chi connectivity index (χ0n) is 53.0. The third-order valence-corrected chi connectivity index (χ3v) is 16.2. The SMILES string of the molecule is CCCCC/C=C\C/C=C\CCCCCCCCCCCC(=O)OC(COC(=O)CCCCCCCCCCCCCCCCCC)COC(=O)CCCCCCCCCCCCCCCCCCCCCCCCCCC. The number of unbranched alkanes of at least 4 members (excludes halogenated alkanes) is 51. The van der Waals surface area contributed by atoms with Gasteiger partial charge in [-0.05, 0) is 51.4 Å². The molecule has 0 aliphatic heterocycles. The number of allylic oxidation sites excluding steroid dienone is 4. The van der Waals surface area contributed by atoms with Crippen LogP contribution in [0.3, 0.4) is 0 Å². The molecule has 0 N–H and O–H groups in total. The highest BCUT2D eigenvalue weighted by Crippen LogP contribution is 2.19. The van der Waals surface area contributed by atoms with Gasteiger partial charge in [0, 0.05) is 19.3 Å². The predicted octanol–water partition coefficient (Wildman–Crippen LogP) is 24.2. The molecule has 6 nitrogen and oxygen atoms in total. The molecular formula is C72H136O6. The van der Waals surface area contributed by atoms with Crippen molar-refractivity contribution in [2.45, 2.75) is 406 Å². The Morgan fingerprint density at radius 2 is 0.462 bits per heavy atom. The molecular weight excluding hydrogens is 961 g/mol. The van der Waals surface area contributed by atoms with E-state index < -0.39 is 6.10 Å². The maximum atomic E-state index is 12.9. The molecule has 1 unspecified atom stereocenters. The first kappa shape index (κ1) is 75.9. The summed E-state index contributed by atoms with van der Waals surface area (Å²) in [6.45, 7) is 6.70. The summed E-state index contributed by atoms with van der Waals surface area (Å²) >= 11 is 0. The normalized spacial score (nSPS) is 12.1. The molecule has 0 fully saturated rings. The first-order valence-corrected chi connectivity index (χ1v) is 35.3. The van der Waals surface area contributed by atoms with E-state index >= 15 is 0 Å². The van der Waals surface area contributed by atoms with E-state index in [1.54, 1.807) is 0 Å². The maximum Gasteiger partial charge on any atom is 0.306 e. The van der Waals surface area contributed by atoms with E-state index in [9.17, 15) is 14.4 Å². The van der Waals surface area contributed by atoms with Crippen molar-refractivity contribution in [1.29, 1.82) is 0 Å². The van der Waals surface area contributed by atoms with Crippen LogP contribution in [-0.4, -0.2) is 37.2 Å². The van der Waals surface area contributed by atoms with Crippen LogP contribution in [-0.2, 0) is 28.6 Å². The Morgan fingerprint density at radius 1 is 0.256 bits per heavy atom. The lowest BCUT2D eigenvalue weighted by Gasteiger charge is -2.18. The fourth-order valence-corrected chi connectivity index (χ4v) is 10.9. The van der Waals surface area contributed by atoms with E-state index in [4.69, 9.17) is 14.2 Å². The predicted molar refractivity (Wildman–Crippen MR) is 340 cm³/mol. The smallest absolute Gasteiger partial charge is 0.306 e. The number of hydrogen-bond acceptors (Lipinski definition) is 6. The first-order valence-electron chi connectivity index (χ1n) is 35.3. The van der Waals surface area contributed by atoms with Crippen LogP contribution in [0.5, 0.6) is 0 Å². The molecule has 0 aromatic carbocycles. The summed E-state index contributed by atoms with van der Waals surface area (Å²) in [5, 5.41) is 0. The van der Waals surface area contributed by atoms with Crippen molar-refractivity contribution in [2.75, 3.05) is 13.2 Å². The highest BCUT2D eigenvalue weighted by atomic mass is 16.6. The molecule has 0 heterocycles. The van der Waals surface area contributed by atoms with Gasteiger partial charge in [-0.25, -0.2) is 0 Å². The third-order valence-electron chi connectivity index (χ3n) is 16.2. The van der Waals surface area contributed by atoms with Crippen LogP contribution in [0, 0.1) is 0 Å². The fraction of sp³-hybridized carbons (Fsp3) is 0.903. The standard InChI is InChI=1S/C72H136O6/c1-4-7-10-13-16-19-22-25-28-31-33-34-35-36-37-38-40-41-44-47-50-53-56-59-62-65-71(74)77-68-69(67-76-70(73)64-61-58-55-52-49-46-43-30-27-24-21-18-15-12-9-6-3)78-72(75)66-63-60-57-54-51-48-45-42-39-32-29-26-23-20-17-14-11-8-5-2/h17,20,26,29,69H,4-16,18-19,21-25,27-28,30-68H2,1-3H3/b20-17-,29-26-. The van der Waals surface area contributed by atoms with Gasteiger partial charge in [0.05, 0.1) is 0 Å². The molecule has 0 amide bonds. The molecule has 6 heteroatoms. The molecule has 0 aromatic rings. The first-order chi connectivity index (χ1) is 38.5. The highest BCUT2D eigenvalue weighted by Gasteiger charge is 2.19. The molecule has 0 rings (SSSR count). The Hall–Kier alpha value is -2.11. The largest absolute Gasteiger partial charge is 0.462 e. The Morgan fingerprint density at radius 3 is 0.731 bits per heavy atom. The van der Waals surface area contributed by atoms with E-state index in [-0.39, 0.29) is 31.1 Å². The molecule has 0 aliphatic rings. The summed E-state index contributed by atoms with van der Waals surface area (Å²) in [7, 11) is 0. The van der Waals surface area contributed by atoms with Gasteiger partial charge in [-0.2, -0.15) is 0 Å². The zero-order chi connectivity index (χ0) is 56.4. The second kappa shape index (κ2) is 67.4. The van der Waals surface area contributed by atoms with Gasteiger partial charge >= 0.3 is 17.9 Å². The van der Waals surface area contributed by atoms with E-state index in [1.165, 1.54) is 295 Å². The molecule has 0 aliphatic carbocycles. The lowest BCUT2D eigenvalue weighted by Crippen LogP contribution is -2.30. The van der Waals surface area contributed by atoms with Crippen LogP contribution in [0.25, 0.3) is 0 Å². The van der Waals surface area contributed by atoms with Crippen LogP contribution in [0.2, 0.25) is 0 Å². The summed E-state index contributed by atoms with van der Waals surface area (Å²) in [4.78, 5) is 38.4. The van der Waals surface area contributed by atoms with Crippen molar-refractivity contribution in [1.82, 2.24) is 0 Å². The van der Waals surface area contributed by atoms with Crippen molar-refractivity contribution in [3.63, 3.8) is 0 Å². The molecule has 1 atom stereocenters. The van der Waals surface area contributed by atoms with Gasteiger partial charge in [-0.1, -0.05) is 353 Å². The van der Waals surface area contributed by atoms with E-state index in [0.29, 0.717) is 19.3 Å². The average molecular weight is 1100 g/mol. The average Bonchev–Trinajstić information content (AvgIpc) is 3.44. The summed E-state index contributed by atoms with van der Waals surface area (Å²) in [5.41, 5.74) is 0. The molecule has 0 saturated heterocycles. The van der Waals surface area contributed by atoms with Crippen molar-refractivity contribution in [2.24, 2.45) is 0 Å². The Kier molecular flexibility index (Phi) is 65.6.